The van der Waals surface area contributed by atoms with Crippen molar-refractivity contribution in [2.45, 2.75) is 40.3 Å². The van der Waals surface area contributed by atoms with Crippen molar-refractivity contribution in [1.82, 2.24) is 4.57 Å². The zero-order valence-corrected chi connectivity index (χ0v) is 9.99. The van der Waals surface area contributed by atoms with Crippen LogP contribution in [-0.4, -0.2) is 21.4 Å². The highest BCUT2D eigenvalue weighted by Gasteiger charge is 2.15. The summed E-state index contributed by atoms with van der Waals surface area (Å²) in [6.07, 6.45) is -0.753. The lowest BCUT2D eigenvalue weighted by atomic mass is 10.1. The van der Waals surface area contributed by atoms with Crippen molar-refractivity contribution in [1.29, 1.82) is 0 Å². The molecule has 0 fully saturated rings. The molecule has 0 amide bonds. The molecule has 0 aromatic carbocycles. The molecule has 0 aliphatic carbocycles. The summed E-state index contributed by atoms with van der Waals surface area (Å²) in [6.45, 7) is 9.09. The fourth-order valence-electron chi connectivity index (χ4n) is 1.91. The fourth-order valence-corrected chi connectivity index (χ4v) is 1.91. The number of aryl methyl sites for hydroxylation is 1. The summed E-state index contributed by atoms with van der Waals surface area (Å²) in [7, 11) is 0. The summed E-state index contributed by atoms with van der Waals surface area (Å²) in [5.41, 5.74) is 3.04. The maximum absolute atomic E-state index is 9.62. The highest BCUT2D eigenvalue weighted by molar-refractivity contribution is 5.28. The van der Waals surface area contributed by atoms with E-state index in [2.05, 4.69) is 18.4 Å². The number of aliphatic hydroxyl groups is 2. The van der Waals surface area contributed by atoms with Crippen molar-refractivity contribution in [3.05, 3.63) is 23.0 Å². The van der Waals surface area contributed by atoms with E-state index in [1.54, 1.807) is 0 Å². The molecule has 1 aromatic rings. The lowest BCUT2D eigenvalue weighted by Gasteiger charge is -2.13. The number of hydrogen-bond acceptors (Lipinski definition) is 2. The highest BCUT2D eigenvalue weighted by atomic mass is 16.3. The third-order valence-corrected chi connectivity index (χ3v) is 2.69. The standard InChI is InChI=1S/C12H21NO2/c1-8(2)6-13-9(3)5-11(10(13)4)12(15)7-14/h5,8,12,14-15H,6-7H2,1-4H3. The lowest BCUT2D eigenvalue weighted by Crippen LogP contribution is -2.09. The number of nitrogens with zero attached hydrogens (tertiary/aromatic N) is 1. The number of hydrogen-bond donors (Lipinski definition) is 2. The monoisotopic (exact) mass is 211 g/mol. The fraction of sp³-hybridized carbons (Fsp3) is 0.667. The first-order valence-electron chi connectivity index (χ1n) is 5.43. The molecule has 1 unspecified atom stereocenters. The van der Waals surface area contributed by atoms with Crippen LogP contribution in [0.4, 0.5) is 0 Å². The van der Waals surface area contributed by atoms with Crippen molar-refractivity contribution < 1.29 is 10.2 Å². The van der Waals surface area contributed by atoms with Gasteiger partial charge in [0, 0.05) is 23.5 Å². The van der Waals surface area contributed by atoms with Gasteiger partial charge in [-0.05, 0) is 25.8 Å². The molecule has 0 spiro atoms. The van der Waals surface area contributed by atoms with Crippen LogP contribution in [-0.2, 0) is 6.54 Å². The van der Waals surface area contributed by atoms with Gasteiger partial charge < -0.3 is 14.8 Å². The Bertz CT molecular complexity index is 329. The van der Waals surface area contributed by atoms with Crippen LogP contribution in [0.3, 0.4) is 0 Å². The number of aliphatic hydroxyl groups excluding tert-OH is 2. The minimum Gasteiger partial charge on any atom is -0.393 e. The van der Waals surface area contributed by atoms with Crippen LogP contribution < -0.4 is 0 Å². The Kier molecular flexibility index (Phi) is 3.94. The molecule has 0 radical (unpaired) electrons. The van der Waals surface area contributed by atoms with Gasteiger partial charge in [-0.15, -0.1) is 0 Å². The van der Waals surface area contributed by atoms with E-state index in [1.165, 1.54) is 0 Å². The van der Waals surface area contributed by atoms with Crippen molar-refractivity contribution in [3.63, 3.8) is 0 Å². The molecule has 15 heavy (non-hydrogen) atoms. The van der Waals surface area contributed by atoms with Crippen molar-refractivity contribution >= 4 is 0 Å². The van der Waals surface area contributed by atoms with Gasteiger partial charge in [0.2, 0.25) is 0 Å². The van der Waals surface area contributed by atoms with Gasteiger partial charge in [-0.3, -0.25) is 0 Å². The normalized spacial score (nSPS) is 13.5. The third kappa shape index (κ3) is 2.61. The van der Waals surface area contributed by atoms with Gasteiger partial charge in [0.05, 0.1) is 6.61 Å². The van der Waals surface area contributed by atoms with Gasteiger partial charge in [0.1, 0.15) is 6.10 Å². The van der Waals surface area contributed by atoms with Crippen LogP contribution in [0.2, 0.25) is 0 Å². The second kappa shape index (κ2) is 4.81. The predicted molar refractivity (Wildman–Crippen MR) is 60.8 cm³/mol. The minimum atomic E-state index is -0.753. The third-order valence-electron chi connectivity index (χ3n) is 2.69. The van der Waals surface area contributed by atoms with Gasteiger partial charge in [-0.2, -0.15) is 0 Å². The van der Waals surface area contributed by atoms with Crippen LogP contribution in [0.1, 0.15) is 36.9 Å². The zero-order valence-electron chi connectivity index (χ0n) is 9.99. The Morgan fingerprint density at radius 3 is 2.40 bits per heavy atom. The Hall–Kier alpha value is -0.800. The first-order valence-corrected chi connectivity index (χ1v) is 5.43. The van der Waals surface area contributed by atoms with E-state index in [0.29, 0.717) is 5.92 Å². The van der Waals surface area contributed by atoms with E-state index in [-0.39, 0.29) is 6.61 Å². The van der Waals surface area contributed by atoms with E-state index >= 15 is 0 Å². The molecular weight excluding hydrogens is 190 g/mol. The SMILES string of the molecule is Cc1cc(C(O)CO)c(C)n1CC(C)C. The van der Waals surface area contributed by atoms with Crippen molar-refractivity contribution in [2.24, 2.45) is 5.92 Å². The first kappa shape index (κ1) is 12.3. The van der Waals surface area contributed by atoms with E-state index in [1.807, 2.05) is 19.9 Å². The number of aromatic nitrogens is 1. The summed E-state index contributed by atoms with van der Waals surface area (Å²) in [5, 5.41) is 18.6. The molecule has 2 N–H and O–H groups in total. The van der Waals surface area contributed by atoms with Crippen LogP contribution in [0, 0.1) is 19.8 Å². The molecule has 86 valence electrons. The van der Waals surface area contributed by atoms with Gasteiger partial charge in [-0.1, -0.05) is 13.8 Å². The average Bonchev–Trinajstić information content (AvgIpc) is 2.44. The van der Waals surface area contributed by atoms with E-state index in [4.69, 9.17) is 5.11 Å². The molecule has 0 aliphatic rings. The van der Waals surface area contributed by atoms with E-state index in [9.17, 15) is 5.11 Å². The molecule has 0 saturated carbocycles. The Morgan fingerprint density at radius 2 is 1.93 bits per heavy atom. The van der Waals surface area contributed by atoms with Crippen LogP contribution in [0.5, 0.6) is 0 Å². The summed E-state index contributed by atoms with van der Waals surface area (Å²) in [4.78, 5) is 0. The number of rotatable bonds is 4. The van der Waals surface area contributed by atoms with Crippen LogP contribution in [0.15, 0.2) is 6.07 Å². The summed E-state index contributed by atoms with van der Waals surface area (Å²) in [5.74, 6) is 0.578. The molecule has 3 heteroatoms. The van der Waals surface area contributed by atoms with Gasteiger partial charge in [-0.25, -0.2) is 0 Å². The van der Waals surface area contributed by atoms with Crippen LogP contribution in [0.25, 0.3) is 0 Å². The second-order valence-electron chi connectivity index (χ2n) is 4.53. The van der Waals surface area contributed by atoms with E-state index < -0.39 is 6.10 Å². The molecule has 1 atom stereocenters. The predicted octanol–water partition coefficient (Wildman–Crippen LogP) is 1.79. The lowest BCUT2D eigenvalue weighted by molar-refractivity contribution is 0.0950. The molecule has 1 heterocycles. The van der Waals surface area contributed by atoms with Crippen molar-refractivity contribution in [2.75, 3.05) is 6.61 Å². The van der Waals surface area contributed by atoms with Gasteiger partial charge >= 0.3 is 0 Å². The minimum absolute atomic E-state index is 0.216. The molecule has 0 aliphatic heterocycles. The van der Waals surface area contributed by atoms with E-state index in [0.717, 1.165) is 23.5 Å². The molecule has 0 saturated heterocycles. The van der Waals surface area contributed by atoms with Crippen LogP contribution >= 0.6 is 0 Å². The zero-order chi connectivity index (χ0) is 11.6. The molecule has 1 rings (SSSR count). The molecule has 1 aromatic heterocycles. The molecule has 3 nitrogen and oxygen atoms in total. The highest BCUT2D eigenvalue weighted by Crippen LogP contribution is 2.22. The second-order valence-corrected chi connectivity index (χ2v) is 4.53. The summed E-state index contributed by atoms with van der Waals surface area (Å²) >= 11 is 0. The Balaban J connectivity index is 3.03. The molecule has 0 bridgehead atoms. The topological polar surface area (TPSA) is 45.4 Å². The Labute approximate surface area is 91.4 Å². The van der Waals surface area contributed by atoms with Crippen molar-refractivity contribution in [3.8, 4) is 0 Å². The molecular formula is C12H21NO2. The maximum Gasteiger partial charge on any atom is 0.104 e. The summed E-state index contributed by atoms with van der Waals surface area (Å²) < 4.78 is 2.19. The van der Waals surface area contributed by atoms with Gasteiger partial charge in [0.25, 0.3) is 0 Å². The average molecular weight is 211 g/mol. The largest absolute Gasteiger partial charge is 0.393 e. The Morgan fingerprint density at radius 1 is 1.33 bits per heavy atom. The summed E-state index contributed by atoms with van der Waals surface area (Å²) in [6, 6.07) is 1.96. The quantitative estimate of drug-likeness (QED) is 0.797. The smallest absolute Gasteiger partial charge is 0.104 e. The maximum atomic E-state index is 9.62. The van der Waals surface area contributed by atoms with Gasteiger partial charge in [0.15, 0.2) is 0 Å². The first-order chi connectivity index (χ1) is 6.97.